The van der Waals surface area contributed by atoms with Crippen LogP contribution >= 0.6 is 0 Å². The van der Waals surface area contributed by atoms with Crippen LogP contribution in [0, 0.1) is 20.8 Å². The number of carboxylic acid groups (broad SMARTS) is 1. The van der Waals surface area contributed by atoms with Crippen molar-refractivity contribution in [2.24, 2.45) is 0 Å². The minimum Gasteiger partial charge on any atom is -0.480 e. The van der Waals surface area contributed by atoms with Crippen molar-refractivity contribution in [3.63, 3.8) is 0 Å². The fourth-order valence-corrected chi connectivity index (χ4v) is 7.77. The number of aromatic nitrogens is 1. The first-order chi connectivity index (χ1) is 24.4. The number of nitrogens with zero attached hydrogens (tertiary/aromatic N) is 3. The van der Waals surface area contributed by atoms with Gasteiger partial charge in [-0.3, -0.25) is 14.5 Å². The number of aryl methyl sites for hydroxylation is 3. The lowest BCUT2D eigenvalue weighted by atomic mass is 10.1. The zero-order chi connectivity index (χ0) is 36.5. The number of hydrogen-bond donors (Lipinski definition) is 4. The molecule has 1 saturated heterocycles. The second-order valence-corrected chi connectivity index (χ2v) is 14.0. The van der Waals surface area contributed by atoms with E-state index >= 15 is 0 Å². The summed E-state index contributed by atoms with van der Waals surface area (Å²) in [6, 6.07) is 15.9. The van der Waals surface area contributed by atoms with Crippen LogP contribution in [-0.4, -0.2) is 97.4 Å². The molecule has 3 amide bonds. The lowest BCUT2D eigenvalue weighted by Crippen LogP contribution is -2.49. The first-order valence-corrected chi connectivity index (χ1v) is 17.8. The highest BCUT2D eigenvalue weighted by Gasteiger charge is 2.40. The van der Waals surface area contributed by atoms with E-state index in [1.54, 1.807) is 43.1 Å². The Labute approximate surface area is 296 Å². The van der Waals surface area contributed by atoms with E-state index in [1.807, 2.05) is 49.4 Å². The van der Waals surface area contributed by atoms with Crippen molar-refractivity contribution >= 4 is 33.7 Å². The number of aliphatic carboxylic acids is 1. The number of sulfonamides is 1. The molecule has 3 unspecified atom stereocenters. The Hall–Kier alpha value is -5.19. The first-order valence-electron chi connectivity index (χ1n) is 16.3. The van der Waals surface area contributed by atoms with E-state index in [0.29, 0.717) is 29.9 Å². The molecule has 0 bridgehead atoms. The van der Waals surface area contributed by atoms with E-state index < -0.39 is 47.2 Å². The Morgan fingerprint density at radius 1 is 1.08 bits per heavy atom. The van der Waals surface area contributed by atoms with E-state index in [2.05, 4.69) is 20.3 Å². The maximum absolute atomic E-state index is 14.1. The molecule has 1 aromatic heterocycles. The molecule has 3 aromatic rings. The van der Waals surface area contributed by atoms with Crippen molar-refractivity contribution in [1.29, 1.82) is 0 Å². The number of carboxylic acids is 1. The number of pyridine rings is 1. The smallest absolute Gasteiger partial charge is 0.327 e. The van der Waals surface area contributed by atoms with Gasteiger partial charge in [0.2, 0.25) is 28.6 Å². The number of likely N-dealkylation sites (tertiary alicyclic amines) is 1. The lowest BCUT2D eigenvalue weighted by Gasteiger charge is -2.31. The predicted octanol–water partition coefficient (Wildman–Crippen LogP) is 2.85. The van der Waals surface area contributed by atoms with Gasteiger partial charge in [0.15, 0.2) is 0 Å². The second kappa shape index (κ2) is 16.7. The van der Waals surface area contributed by atoms with Crippen LogP contribution in [0.2, 0.25) is 0 Å². The van der Waals surface area contributed by atoms with Crippen LogP contribution in [0.15, 0.2) is 83.9 Å². The second-order valence-electron chi connectivity index (χ2n) is 12.4. The minimum atomic E-state index is -4.22. The van der Waals surface area contributed by atoms with Crippen molar-refractivity contribution in [2.45, 2.75) is 56.8 Å². The van der Waals surface area contributed by atoms with Gasteiger partial charge in [-0.05, 0) is 56.0 Å². The topological polar surface area (TPSA) is 189 Å². The molecular weight excluding hydrogens is 680 g/mol. The molecule has 5 rings (SSSR count). The third-order valence-corrected chi connectivity index (χ3v) is 10.1. The van der Waals surface area contributed by atoms with Gasteiger partial charge in [-0.15, -0.1) is 0 Å². The zero-order valence-corrected chi connectivity index (χ0v) is 29.4. The van der Waals surface area contributed by atoms with Crippen molar-refractivity contribution < 1.29 is 42.1 Å². The standard InChI is InChI=1S/C35H42N6O9S/c1-23-13-24(2)33(25(3)14-23)51(46,47)39-29(34(43)44)17-38-31(42)20-49-28-15-27(16-37-30-11-7-8-12-36-30)40(19-28)35(45)41(32-21-48-22-50-32)18-26-9-5-4-6-10-26/h4-14,21,27-29,39H,15-20,22H2,1-3H3,(H,36,37)(H,38,42)(H,43,44). The van der Waals surface area contributed by atoms with E-state index in [4.69, 9.17) is 14.2 Å². The molecule has 2 aliphatic heterocycles. The third kappa shape index (κ3) is 9.74. The first kappa shape index (κ1) is 37.1. The number of anilines is 1. The zero-order valence-electron chi connectivity index (χ0n) is 28.6. The van der Waals surface area contributed by atoms with Gasteiger partial charge in [-0.1, -0.05) is 54.1 Å². The molecule has 1 fully saturated rings. The Bertz CT molecular complexity index is 1820. The maximum Gasteiger partial charge on any atom is 0.327 e. The summed E-state index contributed by atoms with van der Waals surface area (Å²) in [4.78, 5) is 46.4. The SMILES string of the molecule is Cc1cc(C)c(S(=O)(=O)NC(CNC(=O)COC2CC(CNc3ccccn3)N(C(=O)N(Cc3ccccc3)C3=COCO3)C2)C(=O)O)c(C)c1. The van der Waals surface area contributed by atoms with Crippen LogP contribution in [0.1, 0.15) is 28.7 Å². The average molecular weight is 723 g/mol. The molecule has 4 N–H and O–H groups in total. The van der Waals surface area contributed by atoms with Crippen LogP contribution in [0.5, 0.6) is 0 Å². The third-order valence-electron chi connectivity index (χ3n) is 8.37. The minimum absolute atomic E-state index is 0.00733. The molecule has 2 aromatic carbocycles. The molecule has 0 saturated carbocycles. The van der Waals surface area contributed by atoms with E-state index in [9.17, 15) is 27.9 Å². The summed E-state index contributed by atoms with van der Waals surface area (Å²) in [5, 5.41) is 15.5. The molecular formula is C35H42N6O9S. The number of urea groups is 1. The van der Waals surface area contributed by atoms with Crippen molar-refractivity contribution in [2.75, 3.05) is 38.4 Å². The van der Waals surface area contributed by atoms with Gasteiger partial charge in [0.05, 0.1) is 23.6 Å². The maximum atomic E-state index is 14.1. The summed E-state index contributed by atoms with van der Waals surface area (Å²) in [5.74, 6) is -1.22. The summed E-state index contributed by atoms with van der Waals surface area (Å²) in [7, 11) is -4.22. The van der Waals surface area contributed by atoms with E-state index in [-0.39, 0.29) is 42.7 Å². The predicted molar refractivity (Wildman–Crippen MR) is 185 cm³/mol. The van der Waals surface area contributed by atoms with Gasteiger partial charge in [0.25, 0.3) is 0 Å². The summed E-state index contributed by atoms with van der Waals surface area (Å²) < 4.78 is 45.3. The number of rotatable bonds is 15. The number of amides is 3. The van der Waals surface area contributed by atoms with Crippen LogP contribution < -0.4 is 15.4 Å². The highest BCUT2D eigenvalue weighted by atomic mass is 32.2. The normalized spacial score (nSPS) is 17.5. The summed E-state index contributed by atoms with van der Waals surface area (Å²) in [6.45, 7) is 4.83. The number of nitrogens with one attached hydrogen (secondary N) is 3. The highest BCUT2D eigenvalue weighted by Crippen LogP contribution is 2.27. The summed E-state index contributed by atoms with van der Waals surface area (Å²) in [5.41, 5.74) is 2.70. The quantitative estimate of drug-likeness (QED) is 0.181. The monoisotopic (exact) mass is 722 g/mol. The molecule has 2 aliphatic rings. The number of carbonyl (C=O) groups excluding carboxylic acids is 2. The van der Waals surface area contributed by atoms with Gasteiger partial charge in [-0.2, -0.15) is 4.72 Å². The van der Waals surface area contributed by atoms with Gasteiger partial charge in [0.1, 0.15) is 24.7 Å². The fourth-order valence-electron chi connectivity index (χ4n) is 6.12. The highest BCUT2D eigenvalue weighted by molar-refractivity contribution is 7.89. The molecule has 0 radical (unpaired) electrons. The largest absolute Gasteiger partial charge is 0.480 e. The van der Waals surface area contributed by atoms with E-state index in [0.717, 1.165) is 11.1 Å². The molecule has 16 heteroatoms. The Balaban J connectivity index is 1.23. The number of ether oxygens (including phenoxy) is 3. The van der Waals surface area contributed by atoms with Crippen LogP contribution in [0.25, 0.3) is 0 Å². The van der Waals surface area contributed by atoms with Gasteiger partial charge >= 0.3 is 12.0 Å². The number of carbonyl (C=O) groups is 3. The van der Waals surface area contributed by atoms with Crippen LogP contribution in [0.4, 0.5) is 10.6 Å². The lowest BCUT2D eigenvalue weighted by molar-refractivity contribution is -0.139. The number of hydrogen-bond acceptors (Lipinski definition) is 10. The molecule has 3 heterocycles. The van der Waals surface area contributed by atoms with Crippen molar-refractivity contribution in [3.05, 3.63) is 101 Å². The molecule has 272 valence electrons. The van der Waals surface area contributed by atoms with Crippen LogP contribution in [0.3, 0.4) is 0 Å². The van der Waals surface area contributed by atoms with Gasteiger partial charge < -0.3 is 34.9 Å². The average Bonchev–Trinajstić information content (AvgIpc) is 3.78. The Morgan fingerprint density at radius 2 is 1.80 bits per heavy atom. The molecule has 0 aliphatic carbocycles. The summed E-state index contributed by atoms with van der Waals surface area (Å²) in [6.07, 6.45) is 2.87. The van der Waals surface area contributed by atoms with Crippen molar-refractivity contribution in [1.82, 2.24) is 24.8 Å². The molecule has 3 atom stereocenters. The molecule has 15 nitrogen and oxygen atoms in total. The Kier molecular flexibility index (Phi) is 12.1. The van der Waals surface area contributed by atoms with E-state index in [1.165, 1.54) is 11.2 Å². The van der Waals surface area contributed by atoms with Gasteiger partial charge in [-0.25, -0.2) is 18.2 Å². The van der Waals surface area contributed by atoms with Gasteiger partial charge in [0, 0.05) is 25.8 Å². The summed E-state index contributed by atoms with van der Waals surface area (Å²) >= 11 is 0. The Morgan fingerprint density at radius 3 is 2.45 bits per heavy atom. The van der Waals surface area contributed by atoms with Crippen molar-refractivity contribution in [3.8, 4) is 0 Å². The molecule has 51 heavy (non-hydrogen) atoms. The fraction of sp³-hybridized carbons (Fsp3) is 0.371. The number of benzene rings is 2. The van der Waals surface area contributed by atoms with Crippen LogP contribution in [-0.2, 0) is 40.4 Å². The molecule has 0 spiro atoms.